The van der Waals surface area contributed by atoms with E-state index < -0.39 is 17.5 Å². The average Bonchev–Trinajstić information content (AvgIpc) is 2.62. The van der Waals surface area contributed by atoms with Gasteiger partial charge in [0.15, 0.2) is 0 Å². The molecule has 1 aromatic carbocycles. The first kappa shape index (κ1) is 18.6. The summed E-state index contributed by atoms with van der Waals surface area (Å²) in [5, 5.41) is 5.90. The molecule has 0 aromatic heterocycles. The van der Waals surface area contributed by atoms with Crippen molar-refractivity contribution in [2.75, 3.05) is 13.1 Å². The highest BCUT2D eigenvalue weighted by Gasteiger charge is 2.26. The third-order valence-electron chi connectivity index (χ3n) is 5.17. The molecular weight excluding hydrogens is 340 g/mol. The third-order valence-corrected chi connectivity index (χ3v) is 5.17. The highest BCUT2D eigenvalue weighted by atomic mass is 19.1. The van der Waals surface area contributed by atoms with E-state index in [4.69, 9.17) is 0 Å². The second kappa shape index (κ2) is 8.47. The molecule has 3 rings (SSSR count). The van der Waals surface area contributed by atoms with E-state index in [0.717, 1.165) is 31.0 Å². The summed E-state index contributed by atoms with van der Waals surface area (Å²) in [6, 6.07) is 2.91. The average molecular weight is 365 g/mol. The minimum Gasteiger partial charge on any atom is -0.349 e. The number of benzene rings is 1. The number of likely N-dealkylation sites (tertiary alicyclic amines) is 1. The topological polar surface area (TPSA) is 61.4 Å². The fourth-order valence-electron chi connectivity index (χ4n) is 3.69. The SMILES string of the molecule is O=C(NC1CCN(C(=O)NC2CCCCC2)CC1)c1cc(F)cc(F)c1. The normalized spacial score (nSPS) is 19.2. The van der Waals surface area contributed by atoms with Crippen molar-refractivity contribution in [1.82, 2.24) is 15.5 Å². The lowest BCUT2D eigenvalue weighted by atomic mass is 9.95. The second-order valence-electron chi connectivity index (χ2n) is 7.18. The van der Waals surface area contributed by atoms with E-state index in [1.165, 1.54) is 19.3 Å². The maximum atomic E-state index is 13.2. The van der Waals surface area contributed by atoms with Gasteiger partial charge in [-0.1, -0.05) is 19.3 Å². The zero-order valence-corrected chi connectivity index (χ0v) is 14.8. The first-order valence-electron chi connectivity index (χ1n) is 9.33. The highest BCUT2D eigenvalue weighted by Crippen LogP contribution is 2.18. The quantitative estimate of drug-likeness (QED) is 0.864. The van der Waals surface area contributed by atoms with Gasteiger partial charge in [-0.25, -0.2) is 13.6 Å². The van der Waals surface area contributed by atoms with Crippen molar-refractivity contribution < 1.29 is 18.4 Å². The van der Waals surface area contributed by atoms with Crippen LogP contribution in [-0.2, 0) is 0 Å². The Morgan fingerprint density at radius 1 is 0.846 bits per heavy atom. The Bertz CT molecular complexity index is 634. The van der Waals surface area contributed by atoms with Gasteiger partial charge in [-0.05, 0) is 37.8 Å². The number of rotatable bonds is 3. The van der Waals surface area contributed by atoms with Crippen LogP contribution in [0.1, 0.15) is 55.3 Å². The third kappa shape index (κ3) is 4.93. The summed E-state index contributed by atoms with van der Waals surface area (Å²) >= 11 is 0. The maximum Gasteiger partial charge on any atom is 0.317 e. The van der Waals surface area contributed by atoms with E-state index in [1.807, 2.05) is 0 Å². The van der Waals surface area contributed by atoms with E-state index >= 15 is 0 Å². The molecule has 1 saturated heterocycles. The maximum absolute atomic E-state index is 13.2. The predicted octanol–water partition coefficient (Wildman–Crippen LogP) is 3.20. The summed E-state index contributed by atoms with van der Waals surface area (Å²) in [5.41, 5.74) is -0.0278. The molecule has 0 radical (unpaired) electrons. The number of carbonyl (C=O) groups is 2. The smallest absolute Gasteiger partial charge is 0.317 e. The number of carbonyl (C=O) groups excluding carboxylic acids is 2. The van der Waals surface area contributed by atoms with Gasteiger partial charge in [-0.2, -0.15) is 0 Å². The second-order valence-corrected chi connectivity index (χ2v) is 7.18. The van der Waals surface area contributed by atoms with Crippen LogP contribution in [0.3, 0.4) is 0 Å². The number of nitrogens with one attached hydrogen (secondary N) is 2. The Hall–Kier alpha value is -2.18. The molecule has 2 fully saturated rings. The van der Waals surface area contributed by atoms with Gasteiger partial charge in [-0.15, -0.1) is 0 Å². The van der Waals surface area contributed by atoms with Crippen LogP contribution < -0.4 is 10.6 Å². The minimum atomic E-state index is -0.774. The van der Waals surface area contributed by atoms with Gasteiger partial charge in [-0.3, -0.25) is 4.79 Å². The van der Waals surface area contributed by atoms with Gasteiger partial charge in [0.2, 0.25) is 0 Å². The number of amides is 3. The Kier molecular flexibility index (Phi) is 6.06. The van der Waals surface area contributed by atoms with E-state index in [2.05, 4.69) is 10.6 Å². The standard InChI is InChI=1S/C19H25F2N3O2/c20-14-10-13(11-15(21)12-14)18(25)22-17-6-8-24(9-7-17)19(26)23-16-4-2-1-3-5-16/h10-12,16-17H,1-9H2,(H,22,25)(H,23,26). The largest absolute Gasteiger partial charge is 0.349 e. The first-order chi connectivity index (χ1) is 12.5. The first-order valence-corrected chi connectivity index (χ1v) is 9.33. The molecule has 2 N–H and O–H groups in total. The zero-order chi connectivity index (χ0) is 18.5. The molecule has 3 amide bonds. The van der Waals surface area contributed by atoms with Gasteiger partial charge < -0.3 is 15.5 Å². The molecule has 0 atom stereocenters. The van der Waals surface area contributed by atoms with Gasteiger partial charge in [0.05, 0.1) is 0 Å². The molecule has 26 heavy (non-hydrogen) atoms. The predicted molar refractivity (Wildman–Crippen MR) is 93.8 cm³/mol. The van der Waals surface area contributed by atoms with Crippen molar-refractivity contribution >= 4 is 11.9 Å². The molecule has 1 saturated carbocycles. The van der Waals surface area contributed by atoms with Gasteiger partial charge >= 0.3 is 6.03 Å². The molecule has 7 heteroatoms. The van der Waals surface area contributed by atoms with Crippen molar-refractivity contribution in [1.29, 1.82) is 0 Å². The van der Waals surface area contributed by atoms with Crippen LogP contribution in [0.5, 0.6) is 0 Å². The Labute approximate surface area is 152 Å². The summed E-state index contributed by atoms with van der Waals surface area (Å²) in [6.07, 6.45) is 6.92. The number of nitrogens with zero attached hydrogens (tertiary/aromatic N) is 1. The molecule has 0 bridgehead atoms. The van der Waals surface area contributed by atoms with Gasteiger partial charge in [0.25, 0.3) is 5.91 Å². The van der Waals surface area contributed by atoms with Crippen molar-refractivity contribution in [2.24, 2.45) is 0 Å². The lowest BCUT2D eigenvalue weighted by molar-refractivity contribution is 0.0916. The van der Waals surface area contributed by atoms with Crippen LogP contribution in [0.2, 0.25) is 0 Å². The summed E-state index contributed by atoms with van der Waals surface area (Å²) < 4.78 is 26.5. The van der Waals surface area contributed by atoms with Gasteiger partial charge in [0, 0.05) is 36.8 Å². The lowest BCUT2D eigenvalue weighted by Gasteiger charge is -2.34. The number of halogens is 2. The number of urea groups is 1. The lowest BCUT2D eigenvalue weighted by Crippen LogP contribution is -2.51. The van der Waals surface area contributed by atoms with Crippen LogP contribution in [-0.4, -0.2) is 42.0 Å². The molecular formula is C19H25F2N3O2. The van der Waals surface area contributed by atoms with Gasteiger partial charge in [0.1, 0.15) is 11.6 Å². The van der Waals surface area contributed by atoms with Crippen LogP contribution in [0.25, 0.3) is 0 Å². The highest BCUT2D eigenvalue weighted by molar-refractivity contribution is 5.94. The molecule has 0 spiro atoms. The summed E-state index contributed by atoms with van der Waals surface area (Å²) in [4.78, 5) is 26.3. The van der Waals surface area contributed by atoms with E-state index in [9.17, 15) is 18.4 Å². The Balaban J connectivity index is 1.45. The Morgan fingerprint density at radius 2 is 1.42 bits per heavy atom. The minimum absolute atomic E-state index is 0.0278. The molecule has 2 aliphatic rings. The van der Waals surface area contributed by atoms with Crippen molar-refractivity contribution in [2.45, 2.75) is 57.0 Å². The van der Waals surface area contributed by atoms with Crippen LogP contribution >= 0.6 is 0 Å². The molecule has 142 valence electrons. The molecule has 1 heterocycles. The van der Waals surface area contributed by atoms with Crippen molar-refractivity contribution in [3.05, 3.63) is 35.4 Å². The zero-order valence-electron chi connectivity index (χ0n) is 14.8. The van der Waals surface area contributed by atoms with E-state index in [0.29, 0.717) is 25.9 Å². The summed E-state index contributed by atoms with van der Waals surface area (Å²) in [5.74, 6) is -2.04. The summed E-state index contributed by atoms with van der Waals surface area (Å²) in [7, 11) is 0. The van der Waals surface area contributed by atoms with E-state index in [1.54, 1.807) is 4.90 Å². The molecule has 0 unspecified atom stereocenters. The number of piperidine rings is 1. The molecule has 1 aliphatic carbocycles. The molecule has 1 aromatic rings. The van der Waals surface area contributed by atoms with Crippen LogP contribution in [0, 0.1) is 11.6 Å². The van der Waals surface area contributed by atoms with Crippen molar-refractivity contribution in [3.8, 4) is 0 Å². The fourth-order valence-corrected chi connectivity index (χ4v) is 3.69. The molecule has 5 nitrogen and oxygen atoms in total. The van der Waals surface area contributed by atoms with Crippen LogP contribution in [0.4, 0.5) is 13.6 Å². The monoisotopic (exact) mass is 365 g/mol. The number of hydrogen-bond acceptors (Lipinski definition) is 2. The summed E-state index contributed by atoms with van der Waals surface area (Å²) in [6.45, 7) is 1.11. The van der Waals surface area contributed by atoms with E-state index in [-0.39, 0.29) is 23.7 Å². The fraction of sp³-hybridized carbons (Fsp3) is 0.579. The molecule has 1 aliphatic heterocycles. The number of hydrogen-bond donors (Lipinski definition) is 2. The van der Waals surface area contributed by atoms with Crippen molar-refractivity contribution in [3.63, 3.8) is 0 Å². The Morgan fingerprint density at radius 3 is 2.04 bits per heavy atom. The van der Waals surface area contributed by atoms with Crippen LogP contribution in [0.15, 0.2) is 18.2 Å².